The largest absolute Gasteiger partial charge is 3.00 e. The van der Waals surface area contributed by atoms with Crippen molar-refractivity contribution in [3.05, 3.63) is 302 Å². The summed E-state index contributed by atoms with van der Waals surface area (Å²) in [5.74, 6) is 0. The van der Waals surface area contributed by atoms with Gasteiger partial charge in [-0.1, -0.05) is 157 Å². The number of nitrogens with zero attached hydrogens (tertiary/aromatic N) is 8. The van der Waals surface area contributed by atoms with Gasteiger partial charge in [-0.05, 0) is 103 Å². The number of hydrogen-bond acceptors (Lipinski definition) is 9. The number of benzene rings is 6. The van der Waals surface area contributed by atoms with E-state index in [1.807, 2.05) is 17.2 Å². The van der Waals surface area contributed by atoms with Crippen LogP contribution in [0.1, 0.15) is 29.6 Å². The molecule has 0 saturated carbocycles. The van der Waals surface area contributed by atoms with Crippen molar-refractivity contribution in [2.45, 2.75) is 30.9 Å². The number of aromatic nitrogens is 9. The van der Waals surface area contributed by atoms with E-state index < -0.39 is 57.0 Å². The zero-order valence-electron chi connectivity index (χ0n) is 52.8. The molecule has 0 atom stereocenters. The number of carbonyl (C=O) groups excluding carboxylic acids is 1. The van der Waals surface area contributed by atoms with Gasteiger partial charge in [0.15, 0.2) is 0 Å². The van der Waals surface area contributed by atoms with Gasteiger partial charge < -0.3 is 48.4 Å². The summed E-state index contributed by atoms with van der Waals surface area (Å²) in [5, 5.41) is 32.6. The van der Waals surface area contributed by atoms with Gasteiger partial charge in [-0.3, -0.25) is 24.8 Å². The second-order valence-electron chi connectivity index (χ2n) is 18.4. The second-order valence-corrected chi connectivity index (χ2v) is 33.4. The molecule has 0 amide bonds. The average Bonchev–Trinajstić information content (AvgIpc) is 1.29. The van der Waals surface area contributed by atoms with Gasteiger partial charge in [0, 0.05) is 36.1 Å². The van der Waals surface area contributed by atoms with Crippen LogP contribution in [0.3, 0.4) is 0 Å². The van der Waals surface area contributed by atoms with Crippen LogP contribution in [0.5, 0.6) is 0 Å². The molecule has 0 bridgehead atoms. The number of halogens is 12. The summed E-state index contributed by atoms with van der Waals surface area (Å²) in [6.07, 6.45) is -6.67. The van der Waals surface area contributed by atoms with Gasteiger partial charge in [-0.15, -0.1) is 5.56 Å². The number of hydrogen-bond donors (Lipinski definition) is 1. The zero-order chi connectivity index (χ0) is 66.9. The Hall–Kier alpha value is -5.89. The Bertz CT molecular complexity index is 3590. The fourth-order valence-corrected chi connectivity index (χ4v) is 12.8. The normalized spacial score (nSPS) is 10.3. The molecule has 0 unspecified atom stereocenters. The number of H-pyrrole nitrogens is 1. The first-order valence-corrected chi connectivity index (χ1v) is 39.1. The Kier molecular flexibility index (Phi) is 46.7. The molecule has 0 aliphatic heterocycles. The van der Waals surface area contributed by atoms with Crippen LogP contribution in [0.15, 0.2) is 267 Å². The standard InChI is InChI=1S/C19H17P.C19H16P.C9H6F3N3.2C9H5F3N3.CH2O3.3ClH.2Ir.2Na.3H2O.H/c2*1-4-10-17(11-5-1)16-20(18-12-6-2-7-13-18)19-14-8-3-9-15-19;3*10-9(11,12)8-5-7(14-15-8)6-3-1-2-4-13-6;2-1-4-3;;;;;;;;;;;/h1-15H,16H2;1-10,12-15H,16H2;1-5H,(H,14,15);2*1-5H;1,3H;3*1H;;;;;3*1H2;/q;-1;;2*-1;;;;;2*+3;2*+1;;;;-1/p-3. The third kappa shape index (κ3) is 34.1. The van der Waals surface area contributed by atoms with E-state index in [1.54, 1.807) is 54.6 Å². The summed E-state index contributed by atoms with van der Waals surface area (Å²) in [6.45, 7) is -0.181. The predicted octanol–water partition coefficient (Wildman–Crippen LogP) is 7.05. The number of nitrogens with one attached hydrogen (secondary N) is 1. The summed E-state index contributed by atoms with van der Waals surface area (Å²) < 4.78 is 110. The van der Waals surface area contributed by atoms with Gasteiger partial charge >= 0.3 is 140 Å². The minimum absolute atomic E-state index is 0. The van der Waals surface area contributed by atoms with E-state index in [0.717, 1.165) is 30.5 Å². The molecule has 0 aliphatic rings. The van der Waals surface area contributed by atoms with E-state index in [-0.39, 0.29) is 129 Å². The van der Waals surface area contributed by atoms with Crippen molar-refractivity contribution in [1.29, 1.82) is 0 Å². The van der Waals surface area contributed by atoms with E-state index in [1.165, 1.54) is 50.9 Å². The summed E-state index contributed by atoms with van der Waals surface area (Å²) in [7, 11) is 13.8. The molecule has 7 N–H and O–H groups in total. The molecule has 33 heteroatoms. The van der Waals surface area contributed by atoms with Crippen molar-refractivity contribution in [2.75, 3.05) is 0 Å². The number of pyridine rings is 3. The molecule has 0 radical (unpaired) electrons. The first kappa shape index (κ1) is 93.1. The predicted molar refractivity (Wildman–Crippen MR) is 354 cm³/mol. The van der Waals surface area contributed by atoms with Crippen LogP contribution in [0, 0.1) is 6.07 Å². The summed E-state index contributed by atoms with van der Waals surface area (Å²) in [5.41, 5.74) is 1.44. The minimum atomic E-state index is -4.46. The molecular formula is C66H58Cl3F9Ir2N9Na2O6P2+. The van der Waals surface area contributed by atoms with Crippen molar-refractivity contribution in [2.24, 2.45) is 0 Å². The van der Waals surface area contributed by atoms with Crippen molar-refractivity contribution < 1.29 is 165 Å². The van der Waals surface area contributed by atoms with Gasteiger partial charge in [0.2, 0.25) is 0 Å². The van der Waals surface area contributed by atoms with Crippen LogP contribution >= 0.6 is 44.6 Å². The van der Waals surface area contributed by atoms with Crippen LogP contribution in [0.2, 0.25) is 0 Å². The molecule has 0 aliphatic carbocycles. The van der Waals surface area contributed by atoms with Gasteiger partial charge in [-0.25, -0.2) is 0 Å². The van der Waals surface area contributed by atoms with E-state index in [4.69, 9.17) is 38.8 Å². The maximum absolute atomic E-state index is 12.2. The molecule has 0 fully saturated rings. The monoisotopic (exact) mass is 1840 g/mol. The van der Waals surface area contributed by atoms with Gasteiger partial charge in [-0.2, -0.15) is 74.9 Å². The van der Waals surface area contributed by atoms with Gasteiger partial charge in [0.1, 0.15) is 22.8 Å². The maximum atomic E-state index is 12.2. The molecule has 6 aromatic carbocycles. The number of rotatable bonds is 12. The van der Waals surface area contributed by atoms with E-state index in [0.29, 0.717) is 17.1 Å². The first-order chi connectivity index (χ1) is 44.7. The third-order valence-electron chi connectivity index (χ3n) is 12.1. The van der Waals surface area contributed by atoms with E-state index in [9.17, 15) is 39.5 Å². The molecule has 12 rings (SSSR count). The van der Waals surface area contributed by atoms with E-state index >= 15 is 0 Å². The molecule has 12 aromatic rings. The van der Waals surface area contributed by atoms with Crippen LogP contribution < -0.4 is 95.8 Å². The molecular weight excluding hydrogens is 1780 g/mol. The molecule has 99 heavy (non-hydrogen) atoms. The molecule has 0 spiro atoms. The molecule has 6 heterocycles. The van der Waals surface area contributed by atoms with Crippen LogP contribution in [-0.2, 0) is 74.1 Å². The van der Waals surface area contributed by atoms with Gasteiger partial charge in [0.25, 0.3) is 6.47 Å². The Morgan fingerprint density at radius 1 is 0.525 bits per heavy atom. The van der Waals surface area contributed by atoms with Gasteiger partial charge in [0.05, 0.1) is 30.4 Å². The molecule has 15 nitrogen and oxygen atoms in total. The summed E-state index contributed by atoms with van der Waals surface area (Å²) >= 11 is -1.92. The minimum Gasteiger partial charge on any atom is -1.00 e. The fraction of sp³-hybridized carbons (Fsp3) is 0.0758. The SMILES string of the molecule is FC(F)(F)c1cc(-c2ccccn2)[n-]n1.FC(F)(F)c1cc(-c2ccccn2)[n-]n1.FC(F)(F)c1cc(-c2ccccn2)n[nH]1.O.O.O.O=CO[O-].[Cl][Ir]([Cl])[Cl].[H-].[Ir+3].[Na+].[Na+].[c-]1ccccc1C[PH+](c1ccccc1)c1ccccc1.c1ccc(CP(c2ccccc2)c2ccccc2)cc1. The Morgan fingerprint density at radius 3 is 1.21 bits per heavy atom. The van der Waals surface area contributed by atoms with Crippen LogP contribution in [0.25, 0.3) is 34.2 Å². The van der Waals surface area contributed by atoms with Crippen LogP contribution in [0.4, 0.5) is 39.5 Å². The number of aromatic amines is 1. The first-order valence-electron chi connectivity index (χ1n) is 27.0. The number of alkyl halides is 9. The Labute approximate surface area is 643 Å². The van der Waals surface area contributed by atoms with Crippen molar-refractivity contribution >= 4 is 72.3 Å². The third-order valence-corrected chi connectivity index (χ3v) is 17.4. The summed E-state index contributed by atoms with van der Waals surface area (Å²) in [6, 6.07) is 83.4. The Morgan fingerprint density at radius 2 is 0.889 bits per heavy atom. The average molecular weight is 1840 g/mol. The maximum Gasteiger partial charge on any atom is 3.00 e. The molecule has 6 aromatic heterocycles. The van der Waals surface area contributed by atoms with Crippen LogP contribution in [-0.4, -0.2) is 58.2 Å². The Balaban J connectivity index is 0. The zero-order valence-corrected chi connectivity index (χ0v) is 64.8. The van der Waals surface area contributed by atoms with Crippen molar-refractivity contribution in [1.82, 2.24) is 45.5 Å². The molecule has 0 saturated heterocycles. The second kappa shape index (κ2) is 49.6. The smallest absolute Gasteiger partial charge is 1.00 e. The van der Waals surface area contributed by atoms with Crippen molar-refractivity contribution in [3.8, 4) is 34.2 Å². The quantitative estimate of drug-likeness (QED) is 0.0246. The van der Waals surface area contributed by atoms with Crippen molar-refractivity contribution in [3.63, 3.8) is 0 Å². The molecule has 516 valence electrons. The fourth-order valence-electron chi connectivity index (χ4n) is 7.95. The topological polar surface area (TPSA) is 265 Å². The summed E-state index contributed by atoms with van der Waals surface area (Å²) in [4.78, 5) is 22.9. The van der Waals surface area contributed by atoms with E-state index in [2.05, 4.69) is 215 Å². The number of carbonyl (C=O) groups is 1.